The van der Waals surface area contributed by atoms with Gasteiger partial charge in [-0.15, -0.1) is 0 Å². The van der Waals surface area contributed by atoms with Gasteiger partial charge in [0, 0.05) is 37.5 Å². The molecule has 29 heavy (non-hydrogen) atoms. The molecule has 0 saturated carbocycles. The fourth-order valence-electron chi connectivity index (χ4n) is 3.63. The van der Waals surface area contributed by atoms with Crippen LogP contribution in [-0.2, 0) is 12.6 Å². The summed E-state index contributed by atoms with van der Waals surface area (Å²) in [6.07, 6.45) is -1.38. The first-order valence-corrected chi connectivity index (χ1v) is 9.66. The zero-order valence-corrected chi connectivity index (χ0v) is 16.4. The van der Waals surface area contributed by atoms with Crippen molar-refractivity contribution in [1.29, 1.82) is 0 Å². The average molecular weight is 400 g/mol. The Morgan fingerprint density at radius 2 is 1.66 bits per heavy atom. The first-order valence-electron chi connectivity index (χ1n) is 9.66. The lowest BCUT2D eigenvalue weighted by Crippen LogP contribution is -2.08. The van der Waals surface area contributed by atoms with Gasteiger partial charge in [-0.1, -0.05) is 12.1 Å². The third-order valence-corrected chi connectivity index (χ3v) is 5.23. The average Bonchev–Trinajstić information content (AvgIpc) is 2.88. The van der Waals surface area contributed by atoms with Gasteiger partial charge in [0.05, 0.1) is 16.9 Å². The predicted molar refractivity (Wildman–Crippen MR) is 110 cm³/mol. The Kier molecular flexibility index (Phi) is 4.98. The van der Waals surface area contributed by atoms with Gasteiger partial charge in [-0.05, 0) is 55.7 Å². The number of anilines is 2. The van der Waals surface area contributed by atoms with Crippen molar-refractivity contribution in [2.75, 3.05) is 30.9 Å². The highest BCUT2D eigenvalue weighted by molar-refractivity contribution is 5.72. The van der Waals surface area contributed by atoms with Gasteiger partial charge in [0.15, 0.2) is 0 Å². The van der Waals surface area contributed by atoms with Crippen LogP contribution in [0.15, 0.2) is 48.5 Å². The number of benzene rings is 2. The van der Waals surface area contributed by atoms with Gasteiger partial charge in [-0.2, -0.15) is 18.3 Å². The Balaban J connectivity index is 1.79. The molecule has 0 saturated heterocycles. The molecule has 2 heterocycles. The fourth-order valence-corrected chi connectivity index (χ4v) is 3.63. The molecule has 0 fully saturated rings. The van der Waals surface area contributed by atoms with Gasteiger partial charge >= 0.3 is 6.18 Å². The molecule has 1 aromatic heterocycles. The van der Waals surface area contributed by atoms with E-state index in [0.717, 1.165) is 66.3 Å². The molecule has 1 N–H and O–H groups in total. The summed E-state index contributed by atoms with van der Waals surface area (Å²) >= 11 is 0. The number of aromatic nitrogens is 2. The van der Waals surface area contributed by atoms with Gasteiger partial charge in [0.2, 0.25) is 0 Å². The summed E-state index contributed by atoms with van der Waals surface area (Å²) in [5.41, 5.74) is 4.03. The molecule has 2 aromatic carbocycles. The van der Waals surface area contributed by atoms with E-state index in [0.29, 0.717) is 5.69 Å². The minimum atomic E-state index is -4.35. The van der Waals surface area contributed by atoms with Crippen LogP contribution < -0.4 is 10.2 Å². The van der Waals surface area contributed by atoms with Crippen LogP contribution in [0.2, 0.25) is 0 Å². The largest absolute Gasteiger partial charge is 0.416 e. The monoisotopic (exact) mass is 400 g/mol. The Morgan fingerprint density at radius 3 is 2.28 bits per heavy atom. The first kappa shape index (κ1) is 19.4. The number of alkyl halides is 3. The molecular weight excluding hydrogens is 377 g/mol. The number of nitrogens with zero attached hydrogens (tertiary/aromatic N) is 3. The third kappa shape index (κ3) is 3.81. The lowest BCUT2D eigenvalue weighted by molar-refractivity contribution is -0.137. The number of rotatable bonds is 3. The van der Waals surface area contributed by atoms with Crippen LogP contribution in [0.25, 0.3) is 16.9 Å². The second-order valence-corrected chi connectivity index (χ2v) is 7.46. The zero-order chi connectivity index (χ0) is 20.6. The predicted octanol–water partition coefficient (Wildman–Crippen LogP) is 5.37. The number of hydrogen-bond acceptors (Lipinski definition) is 3. The molecule has 0 bridgehead atoms. The fraction of sp³-hybridized carbons (Fsp3) is 0.318. The molecule has 7 heteroatoms. The number of halogens is 3. The highest BCUT2D eigenvalue weighted by atomic mass is 19.4. The molecule has 152 valence electrons. The highest BCUT2D eigenvalue weighted by Gasteiger charge is 2.30. The Labute approximate surface area is 168 Å². The van der Waals surface area contributed by atoms with E-state index in [-0.39, 0.29) is 0 Å². The lowest BCUT2D eigenvalue weighted by Gasteiger charge is -2.12. The number of fused-ring (bicyclic) bond motifs is 1. The van der Waals surface area contributed by atoms with Gasteiger partial charge in [-0.25, -0.2) is 4.68 Å². The molecule has 0 atom stereocenters. The summed E-state index contributed by atoms with van der Waals surface area (Å²) in [5, 5.41) is 8.23. The molecule has 3 aromatic rings. The van der Waals surface area contributed by atoms with E-state index in [2.05, 4.69) is 5.32 Å². The summed E-state index contributed by atoms with van der Waals surface area (Å²) in [6.45, 7) is 0.818. The summed E-state index contributed by atoms with van der Waals surface area (Å²) in [4.78, 5) is 2.03. The summed E-state index contributed by atoms with van der Waals surface area (Å²) in [5.74, 6) is 0.869. The van der Waals surface area contributed by atoms with Crippen molar-refractivity contribution in [3.8, 4) is 16.9 Å². The molecule has 0 aliphatic carbocycles. The molecular formula is C22H23F3N4. The molecule has 4 nitrogen and oxygen atoms in total. The Morgan fingerprint density at radius 1 is 0.966 bits per heavy atom. The van der Waals surface area contributed by atoms with Crippen molar-refractivity contribution in [1.82, 2.24) is 9.78 Å². The SMILES string of the molecule is CN(C)c1ccc(-c2nn(-c3ccc(C(F)(F)F)cc3)c3c2CCCCN3)cc1. The van der Waals surface area contributed by atoms with Crippen LogP contribution in [0.5, 0.6) is 0 Å². The molecule has 0 amide bonds. The highest BCUT2D eigenvalue weighted by Crippen LogP contribution is 2.35. The van der Waals surface area contributed by atoms with Crippen LogP contribution in [0.1, 0.15) is 24.0 Å². The summed E-state index contributed by atoms with van der Waals surface area (Å²) < 4.78 is 40.5. The maximum atomic E-state index is 12.9. The van der Waals surface area contributed by atoms with Gasteiger partial charge in [0.25, 0.3) is 0 Å². The van der Waals surface area contributed by atoms with Crippen LogP contribution in [-0.4, -0.2) is 30.4 Å². The van der Waals surface area contributed by atoms with Crippen LogP contribution >= 0.6 is 0 Å². The molecule has 0 radical (unpaired) electrons. The normalized spacial score (nSPS) is 14.1. The van der Waals surface area contributed by atoms with Gasteiger partial charge in [-0.3, -0.25) is 0 Å². The van der Waals surface area contributed by atoms with Gasteiger partial charge in [0.1, 0.15) is 5.82 Å². The second kappa shape index (κ2) is 7.46. The van der Waals surface area contributed by atoms with Crippen molar-refractivity contribution in [3.05, 3.63) is 59.7 Å². The number of nitrogens with one attached hydrogen (secondary N) is 1. The van der Waals surface area contributed by atoms with Crippen LogP contribution in [0.4, 0.5) is 24.7 Å². The van der Waals surface area contributed by atoms with E-state index in [9.17, 15) is 13.2 Å². The lowest BCUT2D eigenvalue weighted by atomic mass is 10.0. The second-order valence-electron chi connectivity index (χ2n) is 7.46. The quantitative estimate of drug-likeness (QED) is 0.641. The van der Waals surface area contributed by atoms with E-state index in [1.807, 2.05) is 43.3 Å². The van der Waals surface area contributed by atoms with E-state index < -0.39 is 11.7 Å². The number of hydrogen-bond donors (Lipinski definition) is 1. The van der Waals surface area contributed by atoms with E-state index in [1.165, 1.54) is 12.1 Å². The van der Waals surface area contributed by atoms with Crippen molar-refractivity contribution in [3.63, 3.8) is 0 Å². The van der Waals surface area contributed by atoms with Crippen LogP contribution in [0, 0.1) is 0 Å². The Hall–Kier alpha value is -2.96. The molecule has 4 rings (SSSR count). The molecule has 1 aliphatic rings. The minimum Gasteiger partial charge on any atom is -0.378 e. The molecule has 1 aliphatic heterocycles. The first-order chi connectivity index (χ1) is 13.8. The maximum absolute atomic E-state index is 12.9. The van der Waals surface area contributed by atoms with Crippen molar-refractivity contribution in [2.24, 2.45) is 0 Å². The summed E-state index contributed by atoms with van der Waals surface area (Å²) in [6, 6.07) is 13.3. The molecule has 0 spiro atoms. The van der Waals surface area contributed by atoms with E-state index in [1.54, 1.807) is 4.68 Å². The molecule has 0 unspecified atom stereocenters. The Bertz CT molecular complexity index is 987. The van der Waals surface area contributed by atoms with Crippen molar-refractivity contribution in [2.45, 2.75) is 25.4 Å². The van der Waals surface area contributed by atoms with Gasteiger partial charge < -0.3 is 10.2 Å². The standard InChI is InChI=1S/C22H23F3N4/c1-28(2)17-10-6-15(7-11-17)20-19-5-3-4-14-26-21(19)29(27-20)18-12-8-16(9-13-18)22(23,24)25/h6-13,26H,3-5,14H2,1-2H3. The topological polar surface area (TPSA) is 33.1 Å². The van der Waals surface area contributed by atoms with Crippen molar-refractivity contribution < 1.29 is 13.2 Å². The minimum absolute atomic E-state index is 0.611. The van der Waals surface area contributed by atoms with Crippen LogP contribution in [0.3, 0.4) is 0 Å². The third-order valence-electron chi connectivity index (χ3n) is 5.23. The zero-order valence-electron chi connectivity index (χ0n) is 16.4. The summed E-state index contributed by atoms with van der Waals surface area (Å²) in [7, 11) is 3.98. The van der Waals surface area contributed by atoms with E-state index >= 15 is 0 Å². The van der Waals surface area contributed by atoms with Crippen molar-refractivity contribution >= 4 is 11.5 Å². The van der Waals surface area contributed by atoms with E-state index in [4.69, 9.17) is 5.10 Å². The maximum Gasteiger partial charge on any atom is 0.416 e. The smallest absolute Gasteiger partial charge is 0.378 e.